The van der Waals surface area contributed by atoms with Gasteiger partial charge in [0, 0.05) is 29.5 Å². The molecule has 0 bridgehead atoms. The van der Waals surface area contributed by atoms with E-state index in [1.54, 1.807) is 0 Å². The average Bonchev–Trinajstić information content (AvgIpc) is 3.16. The Morgan fingerprint density at radius 3 is 1.77 bits per heavy atom. The Labute approximate surface area is 265 Å². The van der Waals surface area contributed by atoms with Crippen LogP contribution in [0.25, 0.3) is 66.7 Å². The van der Waals surface area contributed by atoms with Gasteiger partial charge in [0.15, 0.2) is 0 Å². The van der Waals surface area contributed by atoms with E-state index in [4.69, 9.17) is 9.72 Å². The minimum Gasteiger partial charge on any atom is -0.497 e. The van der Waals surface area contributed by atoms with Gasteiger partial charge in [-0.15, -0.1) is 47.5 Å². The maximum absolute atomic E-state index is 6.26. The zero-order chi connectivity index (χ0) is 28.0. The Balaban J connectivity index is 0.00000300. The molecule has 2 heterocycles. The number of rotatable bonds is 4. The van der Waals surface area contributed by atoms with Crippen LogP contribution in [-0.4, -0.2) is 9.97 Å². The molecule has 0 saturated heterocycles. The van der Waals surface area contributed by atoms with Crippen LogP contribution in [0.1, 0.15) is 5.56 Å². The fourth-order valence-corrected chi connectivity index (χ4v) is 5.90. The summed E-state index contributed by atoms with van der Waals surface area (Å²) in [6.07, 6.45) is 3.87. The van der Waals surface area contributed by atoms with E-state index in [0.29, 0.717) is 11.5 Å². The van der Waals surface area contributed by atoms with Crippen LogP contribution in [0, 0.1) is 19.1 Å². The van der Waals surface area contributed by atoms with Crippen LogP contribution < -0.4 is 4.74 Å². The summed E-state index contributed by atoms with van der Waals surface area (Å²) in [7, 11) is 0. The molecule has 0 unspecified atom stereocenters. The van der Waals surface area contributed by atoms with E-state index in [2.05, 4.69) is 83.8 Å². The number of ether oxygens (including phenoxy) is 1. The summed E-state index contributed by atoms with van der Waals surface area (Å²) < 4.78 is 6.26. The Morgan fingerprint density at radius 2 is 1.09 bits per heavy atom. The predicted molar refractivity (Wildman–Crippen MR) is 169 cm³/mol. The second-order valence-electron chi connectivity index (χ2n) is 10.5. The van der Waals surface area contributed by atoms with Crippen molar-refractivity contribution in [2.75, 3.05) is 0 Å². The Hall–Kier alpha value is -4.85. The third-order valence-electron chi connectivity index (χ3n) is 7.84. The van der Waals surface area contributed by atoms with E-state index in [0.717, 1.165) is 39.0 Å². The largest absolute Gasteiger partial charge is 2.00 e. The first-order chi connectivity index (χ1) is 20.7. The summed E-state index contributed by atoms with van der Waals surface area (Å²) in [4.78, 5) is 9.57. The van der Waals surface area contributed by atoms with Gasteiger partial charge in [0.2, 0.25) is 0 Å². The zero-order valence-electron chi connectivity index (χ0n) is 23.2. The number of benzene rings is 5. The van der Waals surface area contributed by atoms with Gasteiger partial charge in [0.05, 0.1) is 0 Å². The predicted octanol–water partition coefficient (Wildman–Crippen LogP) is 9.98. The van der Waals surface area contributed by atoms with Gasteiger partial charge in [-0.25, -0.2) is 0 Å². The zero-order valence-corrected chi connectivity index (χ0v) is 25.5. The molecule has 8 rings (SSSR count). The van der Waals surface area contributed by atoms with E-state index >= 15 is 0 Å². The van der Waals surface area contributed by atoms with E-state index < -0.39 is 0 Å². The molecule has 0 amide bonds. The SMILES string of the molecule is Cc1ccc(-c2[c-]c(Oc3[c-]c(-c4ncc5c6c(cccc46)-c4ccccc4-c4ccccc4-5)ccc3)ccc2)nc1.[Pt+2]. The van der Waals surface area contributed by atoms with Gasteiger partial charge in [0.1, 0.15) is 0 Å². The van der Waals surface area contributed by atoms with Gasteiger partial charge in [-0.1, -0.05) is 91.0 Å². The first-order valence-electron chi connectivity index (χ1n) is 14.0. The molecular weight excluding hydrogens is 708 g/mol. The van der Waals surface area contributed by atoms with Crippen LogP contribution in [0.3, 0.4) is 0 Å². The first-order valence-corrected chi connectivity index (χ1v) is 14.0. The molecule has 7 aromatic rings. The van der Waals surface area contributed by atoms with Crippen molar-refractivity contribution in [1.29, 1.82) is 0 Å². The summed E-state index contributed by atoms with van der Waals surface area (Å²) in [6.45, 7) is 2.03. The Bertz CT molecular complexity index is 2080. The van der Waals surface area contributed by atoms with Crippen molar-refractivity contribution in [3.63, 3.8) is 0 Å². The number of pyridine rings is 2. The first kappa shape index (κ1) is 27.0. The molecule has 4 heteroatoms. The molecule has 0 aliphatic heterocycles. The number of nitrogens with zero attached hydrogens (tertiary/aromatic N) is 2. The van der Waals surface area contributed by atoms with Gasteiger partial charge in [-0.2, -0.15) is 0 Å². The van der Waals surface area contributed by atoms with Crippen LogP contribution in [0.4, 0.5) is 0 Å². The van der Waals surface area contributed by atoms with Crippen molar-refractivity contribution in [2.24, 2.45) is 0 Å². The van der Waals surface area contributed by atoms with Crippen molar-refractivity contribution in [3.8, 4) is 67.4 Å². The van der Waals surface area contributed by atoms with Gasteiger partial charge in [-0.3, -0.25) is 0 Å². The van der Waals surface area contributed by atoms with Crippen molar-refractivity contribution in [3.05, 3.63) is 145 Å². The third kappa shape index (κ3) is 4.76. The second-order valence-corrected chi connectivity index (χ2v) is 10.5. The topological polar surface area (TPSA) is 35.0 Å². The van der Waals surface area contributed by atoms with Crippen molar-refractivity contribution < 1.29 is 25.8 Å². The smallest absolute Gasteiger partial charge is 0.497 e. The van der Waals surface area contributed by atoms with Crippen molar-refractivity contribution >= 4 is 10.8 Å². The monoisotopic (exact) mass is 731 g/mol. The molecule has 5 aromatic carbocycles. The molecule has 0 atom stereocenters. The van der Waals surface area contributed by atoms with Gasteiger partial charge < -0.3 is 14.7 Å². The number of fused-ring (bicyclic) bond motifs is 5. The molecule has 1 aliphatic rings. The van der Waals surface area contributed by atoms with E-state index in [1.165, 1.54) is 33.2 Å². The molecular formula is C39H24N2OPt. The molecule has 3 nitrogen and oxygen atoms in total. The standard InChI is InChI=1S/C39H24N2O.Pt/c1-25-19-20-37(40-23-25)26-9-6-11-28(21-26)42-29-12-7-10-27(22-29)39-35-18-8-17-34-32-15-4-2-13-30(32)31-14-3-5-16-33(31)36(24-41-39)38(34)35;/h2-20,23-24H,1H3;/q-2;+2. The molecule has 0 N–H and O–H groups in total. The molecule has 206 valence electrons. The van der Waals surface area contributed by atoms with Gasteiger partial charge in [0.25, 0.3) is 0 Å². The number of aryl methyl sites for hydroxylation is 1. The summed E-state index contributed by atoms with van der Waals surface area (Å²) >= 11 is 0. The molecule has 2 aromatic heterocycles. The molecule has 0 spiro atoms. The van der Waals surface area contributed by atoms with Gasteiger partial charge in [-0.05, 0) is 62.5 Å². The minimum absolute atomic E-state index is 0. The summed E-state index contributed by atoms with van der Waals surface area (Å²) in [5.74, 6) is 1.21. The number of hydrogen-bond acceptors (Lipinski definition) is 3. The van der Waals surface area contributed by atoms with E-state index in [1.807, 2.05) is 67.8 Å². The molecule has 0 fully saturated rings. The fourth-order valence-electron chi connectivity index (χ4n) is 5.90. The van der Waals surface area contributed by atoms with Crippen LogP contribution >= 0.6 is 0 Å². The van der Waals surface area contributed by atoms with E-state index in [9.17, 15) is 0 Å². The van der Waals surface area contributed by atoms with Gasteiger partial charge >= 0.3 is 21.1 Å². The number of hydrogen-bond donors (Lipinski definition) is 0. The molecule has 43 heavy (non-hydrogen) atoms. The molecule has 0 radical (unpaired) electrons. The Kier molecular flexibility index (Phi) is 6.97. The second kappa shape index (κ2) is 11.1. The number of aromatic nitrogens is 2. The Morgan fingerprint density at radius 1 is 0.512 bits per heavy atom. The van der Waals surface area contributed by atoms with Crippen LogP contribution in [0.5, 0.6) is 11.5 Å². The third-order valence-corrected chi connectivity index (χ3v) is 7.84. The normalized spacial score (nSPS) is 11.2. The minimum atomic E-state index is 0. The van der Waals surface area contributed by atoms with Crippen LogP contribution in [0.15, 0.2) is 128 Å². The average molecular weight is 732 g/mol. The maximum Gasteiger partial charge on any atom is 2.00 e. The summed E-state index contributed by atoms with van der Waals surface area (Å²) in [5, 5.41) is 2.29. The van der Waals surface area contributed by atoms with Crippen LogP contribution in [-0.2, 0) is 21.1 Å². The van der Waals surface area contributed by atoms with Crippen LogP contribution in [0.2, 0.25) is 0 Å². The quantitative estimate of drug-likeness (QED) is 0.169. The summed E-state index contributed by atoms with van der Waals surface area (Å²) in [6, 6.07) is 46.4. The van der Waals surface area contributed by atoms with E-state index in [-0.39, 0.29) is 21.1 Å². The fraction of sp³-hybridized carbons (Fsp3) is 0.0256. The molecule has 1 aliphatic carbocycles. The summed E-state index contributed by atoms with van der Waals surface area (Å²) in [5.41, 5.74) is 11.8. The molecule has 0 saturated carbocycles. The maximum atomic E-state index is 6.26. The van der Waals surface area contributed by atoms with Crippen molar-refractivity contribution in [2.45, 2.75) is 6.92 Å². The van der Waals surface area contributed by atoms with Crippen molar-refractivity contribution in [1.82, 2.24) is 9.97 Å².